The van der Waals surface area contributed by atoms with Crippen LogP contribution in [-0.4, -0.2) is 37.6 Å². The second kappa shape index (κ2) is 7.85. The van der Waals surface area contributed by atoms with Crippen LogP contribution >= 0.6 is 15.9 Å². The lowest BCUT2D eigenvalue weighted by molar-refractivity contribution is 0.0933. The number of likely N-dealkylation sites (tertiary alicyclic amines) is 1. The van der Waals surface area contributed by atoms with Crippen molar-refractivity contribution in [3.63, 3.8) is 0 Å². The first kappa shape index (κ1) is 17.0. The van der Waals surface area contributed by atoms with E-state index in [-0.39, 0.29) is 11.9 Å². The van der Waals surface area contributed by atoms with Gasteiger partial charge in [0.25, 0.3) is 5.91 Å². The Labute approximate surface area is 150 Å². The van der Waals surface area contributed by atoms with E-state index in [1.54, 1.807) is 31.6 Å². The van der Waals surface area contributed by atoms with Crippen LogP contribution in [0.2, 0.25) is 0 Å². The molecule has 0 aliphatic carbocycles. The van der Waals surface area contributed by atoms with Gasteiger partial charge in [0, 0.05) is 12.1 Å². The number of carbonyl (C=O) groups is 1. The molecule has 1 fully saturated rings. The normalized spacial score (nSPS) is 16.1. The number of ether oxygens (including phenoxy) is 1. The molecule has 1 atom stereocenters. The van der Waals surface area contributed by atoms with Crippen LogP contribution in [0.1, 0.15) is 35.0 Å². The van der Waals surface area contributed by atoms with E-state index in [1.807, 2.05) is 12.1 Å². The van der Waals surface area contributed by atoms with Crippen LogP contribution in [-0.2, 0) is 0 Å². The Kier molecular flexibility index (Phi) is 5.58. The zero-order valence-electron chi connectivity index (χ0n) is 13.6. The molecule has 5 nitrogen and oxygen atoms in total. The Balaban J connectivity index is 1.67. The van der Waals surface area contributed by atoms with Crippen molar-refractivity contribution in [2.45, 2.75) is 18.9 Å². The summed E-state index contributed by atoms with van der Waals surface area (Å²) in [7, 11) is 1.60. The number of hydrogen-bond acceptors (Lipinski definition) is 4. The van der Waals surface area contributed by atoms with Crippen LogP contribution in [0.15, 0.2) is 45.5 Å². The quantitative estimate of drug-likeness (QED) is 0.815. The maximum atomic E-state index is 12.5. The van der Waals surface area contributed by atoms with Crippen LogP contribution < -0.4 is 10.1 Å². The Hall–Kier alpha value is -1.79. The van der Waals surface area contributed by atoms with Gasteiger partial charge in [-0.05, 0) is 72.2 Å². The van der Waals surface area contributed by atoms with Crippen molar-refractivity contribution in [1.29, 1.82) is 0 Å². The number of nitrogens with one attached hydrogen (secondary N) is 1. The first-order valence-corrected chi connectivity index (χ1v) is 8.87. The summed E-state index contributed by atoms with van der Waals surface area (Å²) in [4.78, 5) is 14.8. The molecule has 1 aromatic carbocycles. The van der Waals surface area contributed by atoms with Crippen molar-refractivity contribution in [1.82, 2.24) is 10.2 Å². The van der Waals surface area contributed by atoms with E-state index in [0.29, 0.717) is 17.9 Å². The van der Waals surface area contributed by atoms with Crippen LogP contribution in [0.5, 0.6) is 5.75 Å². The molecule has 0 saturated carbocycles. The number of nitrogens with zero attached hydrogens (tertiary/aromatic N) is 1. The lowest BCUT2D eigenvalue weighted by Gasteiger charge is -2.26. The molecule has 24 heavy (non-hydrogen) atoms. The molecule has 6 heteroatoms. The van der Waals surface area contributed by atoms with Gasteiger partial charge in [-0.15, -0.1) is 0 Å². The highest BCUT2D eigenvalue weighted by Gasteiger charge is 2.26. The average molecular weight is 393 g/mol. The van der Waals surface area contributed by atoms with E-state index in [1.165, 1.54) is 12.8 Å². The van der Waals surface area contributed by atoms with Gasteiger partial charge >= 0.3 is 0 Å². The maximum absolute atomic E-state index is 12.5. The average Bonchev–Trinajstić information content (AvgIpc) is 3.29. The topological polar surface area (TPSA) is 54.7 Å². The largest absolute Gasteiger partial charge is 0.496 e. The Bertz CT molecular complexity index is 682. The number of amides is 1. The molecule has 1 aliphatic heterocycles. The minimum Gasteiger partial charge on any atom is -0.496 e. The molecular weight excluding hydrogens is 372 g/mol. The van der Waals surface area contributed by atoms with Gasteiger partial charge in [-0.3, -0.25) is 9.69 Å². The van der Waals surface area contributed by atoms with Crippen molar-refractivity contribution in [2.24, 2.45) is 0 Å². The summed E-state index contributed by atoms with van der Waals surface area (Å²) >= 11 is 3.41. The summed E-state index contributed by atoms with van der Waals surface area (Å²) in [6, 6.07) is 9.25. The second-order valence-corrected chi connectivity index (χ2v) is 6.69. The molecule has 0 bridgehead atoms. The molecule has 128 valence electrons. The number of rotatable bonds is 6. The smallest absolute Gasteiger partial charge is 0.251 e. The summed E-state index contributed by atoms with van der Waals surface area (Å²) in [6.07, 6.45) is 4.06. The van der Waals surface area contributed by atoms with Crippen LogP contribution in [0, 0.1) is 0 Å². The molecule has 1 aliphatic rings. The van der Waals surface area contributed by atoms with Gasteiger partial charge < -0.3 is 14.5 Å². The van der Waals surface area contributed by atoms with Crippen molar-refractivity contribution >= 4 is 21.8 Å². The molecular formula is C18H21BrN2O3. The molecule has 3 rings (SSSR count). The van der Waals surface area contributed by atoms with Gasteiger partial charge in [-0.2, -0.15) is 0 Å². The standard InChI is InChI=1S/C18H21BrN2O3/c1-23-16-7-6-13(11-14(16)19)18(22)20-12-15(17-5-4-10-24-17)21-8-2-3-9-21/h4-7,10-11,15H,2-3,8-9,12H2,1H3,(H,20,22). The van der Waals surface area contributed by atoms with Crippen LogP contribution in [0.25, 0.3) is 0 Å². The fourth-order valence-corrected chi connectivity index (χ4v) is 3.58. The van der Waals surface area contributed by atoms with Gasteiger partial charge in [-0.1, -0.05) is 0 Å². The third-order valence-electron chi connectivity index (χ3n) is 4.32. The monoisotopic (exact) mass is 392 g/mol. The summed E-state index contributed by atoms with van der Waals surface area (Å²) in [5.41, 5.74) is 0.599. The third kappa shape index (κ3) is 3.82. The van der Waals surface area contributed by atoms with Crippen LogP contribution in [0.4, 0.5) is 0 Å². The number of furan rings is 1. The van der Waals surface area contributed by atoms with Gasteiger partial charge in [0.05, 0.1) is 23.9 Å². The first-order chi connectivity index (χ1) is 11.7. The lowest BCUT2D eigenvalue weighted by Crippen LogP contribution is -2.36. The SMILES string of the molecule is COc1ccc(C(=O)NCC(c2ccco2)N2CCCC2)cc1Br. The number of benzene rings is 1. The third-order valence-corrected chi connectivity index (χ3v) is 4.94. The fraction of sp³-hybridized carbons (Fsp3) is 0.389. The van der Waals surface area contributed by atoms with E-state index < -0.39 is 0 Å². The van der Waals surface area contributed by atoms with E-state index in [9.17, 15) is 4.79 Å². The van der Waals surface area contributed by atoms with E-state index >= 15 is 0 Å². The molecule has 2 heterocycles. The fourth-order valence-electron chi connectivity index (χ4n) is 3.04. The van der Waals surface area contributed by atoms with Crippen LogP contribution in [0.3, 0.4) is 0 Å². The van der Waals surface area contributed by atoms with Gasteiger partial charge in [-0.25, -0.2) is 0 Å². The maximum Gasteiger partial charge on any atom is 0.251 e. The van der Waals surface area contributed by atoms with E-state index in [0.717, 1.165) is 23.3 Å². The molecule has 1 aromatic heterocycles. The number of halogens is 1. The predicted octanol–water partition coefficient (Wildman–Crippen LogP) is 3.62. The summed E-state index contributed by atoms with van der Waals surface area (Å²) < 4.78 is 11.5. The summed E-state index contributed by atoms with van der Waals surface area (Å²) in [5, 5.41) is 3.03. The highest BCUT2D eigenvalue weighted by molar-refractivity contribution is 9.10. The Morgan fingerprint density at radius 3 is 2.79 bits per heavy atom. The zero-order chi connectivity index (χ0) is 16.9. The number of hydrogen-bond donors (Lipinski definition) is 1. The van der Waals surface area contributed by atoms with E-state index in [2.05, 4.69) is 26.1 Å². The van der Waals surface area contributed by atoms with Gasteiger partial charge in [0.2, 0.25) is 0 Å². The highest BCUT2D eigenvalue weighted by Crippen LogP contribution is 2.27. The van der Waals surface area contributed by atoms with E-state index in [4.69, 9.17) is 9.15 Å². The van der Waals surface area contributed by atoms with Crippen molar-refractivity contribution < 1.29 is 13.9 Å². The number of carbonyl (C=O) groups excluding carboxylic acids is 1. The Morgan fingerprint density at radius 2 is 2.17 bits per heavy atom. The second-order valence-electron chi connectivity index (χ2n) is 5.83. The predicted molar refractivity (Wildman–Crippen MR) is 95.3 cm³/mol. The first-order valence-electron chi connectivity index (χ1n) is 8.08. The molecule has 0 radical (unpaired) electrons. The molecule has 1 saturated heterocycles. The van der Waals surface area contributed by atoms with Crippen molar-refractivity contribution in [3.05, 3.63) is 52.4 Å². The molecule has 0 spiro atoms. The lowest BCUT2D eigenvalue weighted by atomic mass is 10.1. The molecule has 1 amide bonds. The number of methoxy groups -OCH3 is 1. The molecule has 1 unspecified atom stereocenters. The van der Waals surface area contributed by atoms with Crippen molar-refractivity contribution in [2.75, 3.05) is 26.7 Å². The Morgan fingerprint density at radius 1 is 1.38 bits per heavy atom. The summed E-state index contributed by atoms with van der Waals surface area (Å²) in [6.45, 7) is 2.60. The highest BCUT2D eigenvalue weighted by atomic mass is 79.9. The zero-order valence-corrected chi connectivity index (χ0v) is 15.2. The minimum absolute atomic E-state index is 0.0770. The summed E-state index contributed by atoms with van der Waals surface area (Å²) in [5.74, 6) is 1.50. The van der Waals surface area contributed by atoms with Crippen molar-refractivity contribution in [3.8, 4) is 5.75 Å². The minimum atomic E-state index is -0.103. The molecule has 2 aromatic rings. The van der Waals surface area contributed by atoms with Gasteiger partial charge in [0.15, 0.2) is 0 Å². The molecule has 1 N–H and O–H groups in total. The van der Waals surface area contributed by atoms with Gasteiger partial charge in [0.1, 0.15) is 11.5 Å².